The fourth-order valence-electron chi connectivity index (χ4n) is 2.64. The summed E-state index contributed by atoms with van der Waals surface area (Å²) in [6.45, 7) is 3.69. The minimum absolute atomic E-state index is 0.138. The number of carbonyl (C=O) groups excluding carboxylic acids is 1. The van der Waals surface area contributed by atoms with E-state index < -0.39 is 17.5 Å². The lowest BCUT2D eigenvalue weighted by Gasteiger charge is -2.33. The summed E-state index contributed by atoms with van der Waals surface area (Å²) < 4.78 is 26.9. The van der Waals surface area contributed by atoms with Gasteiger partial charge in [0, 0.05) is 6.04 Å². The van der Waals surface area contributed by atoms with Gasteiger partial charge in [-0.3, -0.25) is 9.69 Å². The zero-order valence-electron chi connectivity index (χ0n) is 12.1. The van der Waals surface area contributed by atoms with E-state index >= 15 is 0 Å². The monoisotopic (exact) mass is 297 g/mol. The summed E-state index contributed by atoms with van der Waals surface area (Å²) in [6, 6.07) is 3.66. The van der Waals surface area contributed by atoms with Gasteiger partial charge in [-0.15, -0.1) is 0 Å². The average molecular weight is 297 g/mol. The molecule has 0 bridgehead atoms. The van der Waals surface area contributed by atoms with E-state index in [0.717, 1.165) is 38.1 Å². The summed E-state index contributed by atoms with van der Waals surface area (Å²) in [6.07, 6.45) is 1.89. The van der Waals surface area contributed by atoms with Crippen LogP contribution in [0, 0.1) is 17.6 Å². The summed E-state index contributed by atoms with van der Waals surface area (Å²) in [5, 5.41) is 2.30. The van der Waals surface area contributed by atoms with Gasteiger partial charge in [0.05, 0.1) is 6.54 Å². The summed E-state index contributed by atoms with van der Waals surface area (Å²) in [4.78, 5) is 13.9. The lowest BCUT2D eigenvalue weighted by atomic mass is 9.91. The Morgan fingerprint density at radius 3 is 2.48 bits per heavy atom. The number of para-hydroxylation sites is 1. The van der Waals surface area contributed by atoms with Crippen LogP contribution in [0.25, 0.3) is 0 Å². The number of benzene rings is 1. The Balaban J connectivity index is 1.86. The molecule has 2 rings (SSSR count). The van der Waals surface area contributed by atoms with Gasteiger partial charge in [-0.1, -0.05) is 6.07 Å². The molecule has 1 aliphatic rings. The molecule has 0 radical (unpaired) electrons. The topological polar surface area (TPSA) is 58.4 Å². The van der Waals surface area contributed by atoms with Crippen molar-refractivity contribution in [1.82, 2.24) is 4.90 Å². The van der Waals surface area contributed by atoms with E-state index in [1.807, 2.05) is 11.8 Å². The van der Waals surface area contributed by atoms with Gasteiger partial charge in [-0.05, 0) is 50.9 Å². The molecule has 1 aromatic carbocycles. The number of rotatable bonds is 4. The first-order valence-corrected chi connectivity index (χ1v) is 7.19. The molecule has 0 aliphatic carbocycles. The van der Waals surface area contributed by atoms with Crippen LogP contribution in [-0.2, 0) is 4.79 Å². The largest absolute Gasteiger partial charge is 0.328 e. The van der Waals surface area contributed by atoms with Crippen LogP contribution in [0.3, 0.4) is 0 Å². The molecule has 21 heavy (non-hydrogen) atoms. The van der Waals surface area contributed by atoms with Crippen molar-refractivity contribution >= 4 is 11.6 Å². The molecule has 1 amide bonds. The Kier molecular flexibility index (Phi) is 5.25. The van der Waals surface area contributed by atoms with Crippen molar-refractivity contribution in [3.63, 3.8) is 0 Å². The van der Waals surface area contributed by atoms with Crippen molar-refractivity contribution < 1.29 is 13.6 Å². The third kappa shape index (κ3) is 4.22. The highest BCUT2D eigenvalue weighted by molar-refractivity contribution is 5.92. The second kappa shape index (κ2) is 6.95. The number of anilines is 1. The molecular formula is C15H21F2N3O. The van der Waals surface area contributed by atoms with Crippen LogP contribution in [0.4, 0.5) is 14.5 Å². The van der Waals surface area contributed by atoms with E-state index in [1.54, 1.807) is 0 Å². The first-order valence-electron chi connectivity index (χ1n) is 7.19. The van der Waals surface area contributed by atoms with Crippen LogP contribution in [0.1, 0.15) is 19.8 Å². The number of carbonyl (C=O) groups is 1. The van der Waals surface area contributed by atoms with Crippen LogP contribution in [0.5, 0.6) is 0 Å². The van der Waals surface area contributed by atoms with Crippen LogP contribution in [-0.4, -0.2) is 36.5 Å². The maximum Gasteiger partial charge on any atom is 0.238 e. The van der Waals surface area contributed by atoms with Gasteiger partial charge in [0.25, 0.3) is 0 Å². The third-order valence-corrected chi connectivity index (χ3v) is 3.97. The summed E-state index contributed by atoms with van der Waals surface area (Å²) >= 11 is 0. The predicted octanol–water partition coefficient (Wildman–Crippen LogP) is 1.96. The molecule has 1 aromatic rings. The number of nitrogens with two attached hydrogens (primary N) is 1. The number of halogens is 2. The Morgan fingerprint density at radius 1 is 1.38 bits per heavy atom. The van der Waals surface area contributed by atoms with Crippen molar-refractivity contribution in [2.24, 2.45) is 11.7 Å². The molecule has 1 atom stereocenters. The second-order valence-corrected chi connectivity index (χ2v) is 5.62. The lowest BCUT2D eigenvalue weighted by molar-refractivity contribution is -0.117. The number of amides is 1. The number of nitrogens with one attached hydrogen (secondary N) is 1. The summed E-state index contributed by atoms with van der Waals surface area (Å²) in [7, 11) is 0. The number of hydrogen-bond acceptors (Lipinski definition) is 3. The van der Waals surface area contributed by atoms with Crippen molar-refractivity contribution in [3.8, 4) is 0 Å². The van der Waals surface area contributed by atoms with Gasteiger partial charge in [0.1, 0.15) is 17.3 Å². The molecule has 1 unspecified atom stereocenters. The molecular weight excluding hydrogens is 276 g/mol. The Hall–Kier alpha value is -1.53. The van der Waals surface area contributed by atoms with Crippen molar-refractivity contribution in [2.45, 2.75) is 25.8 Å². The van der Waals surface area contributed by atoms with E-state index in [2.05, 4.69) is 5.32 Å². The number of hydrogen-bond donors (Lipinski definition) is 2. The average Bonchev–Trinajstić information content (AvgIpc) is 2.43. The summed E-state index contributed by atoms with van der Waals surface area (Å²) in [5.74, 6) is -1.45. The molecule has 1 heterocycles. The smallest absolute Gasteiger partial charge is 0.238 e. The van der Waals surface area contributed by atoms with Crippen LogP contribution in [0.2, 0.25) is 0 Å². The minimum atomic E-state index is -0.765. The molecule has 0 aromatic heterocycles. The van der Waals surface area contributed by atoms with Gasteiger partial charge in [0.15, 0.2) is 0 Å². The maximum atomic E-state index is 13.4. The Bertz CT molecular complexity index is 479. The first-order chi connectivity index (χ1) is 9.97. The molecule has 0 spiro atoms. The van der Waals surface area contributed by atoms with E-state index in [0.29, 0.717) is 5.92 Å². The Morgan fingerprint density at radius 2 is 1.95 bits per heavy atom. The van der Waals surface area contributed by atoms with Gasteiger partial charge >= 0.3 is 0 Å². The fourth-order valence-corrected chi connectivity index (χ4v) is 2.64. The molecule has 0 saturated carbocycles. The van der Waals surface area contributed by atoms with Gasteiger partial charge in [-0.25, -0.2) is 8.78 Å². The highest BCUT2D eigenvalue weighted by Gasteiger charge is 2.23. The molecule has 1 aliphatic heterocycles. The van der Waals surface area contributed by atoms with Crippen molar-refractivity contribution in [1.29, 1.82) is 0 Å². The van der Waals surface area contributed by atoms with E-state index in [4.69, 9.17) is 5.73 Å². The highest BCUT2D eigenvalue weighted by atomic mass is 19.1. The normalized spacial score (nSPS) is 18.5. The Labute approximate surface area is 123 Å². The zero-order valence-corrected chi connectivity index (χ0v) is 12.1. The zero-order chi connectivity index (χ0) is 15.4. The second-order valence-electron chi connectivity index (χ2n) is 5.62. The SMILES string of the molecule is CC(N)C1CCN(CC(=O)Nc2c(F)cccc2F)CC1. The van der Waals surface area contributed by atoms with Crippen LogP contribution in [0.15, 0.2) is 18.2 Å². The first kappa shape index (κ1) is 15.9. The fraction of sp³-hybridized carbons (Fsp3) is 0.533. The van der Waals surface area contributed by atoms with Gasteiger partial charge in [-0.2, -0.15) is 0 Å². The van der Waals surface area contributed by atoms with E-state index in [9.17, 15) is 13.6 Å². The third-order valence-electron chi connectivity index (χ3n) is 3.97. The number of likely N-dealkylation sites (tertiary alicyclic amines) is 1. The molecule has 6 heteroatoms. The van der Waals surface area contributed by atoms with Gasteiger partial charge < -0.3 is 11.1 Å². The van der Waals surface area contributed by atoms with Gasteiger partial charge in [0.2, 0.25) is 5.91 Å². The predicted molar refractivity (Wildman–Crippen MR) is 77.8 cm³/mol. The molecule has 3 N–H and O–H groups in total. The summed E-state index contributed by atoms with van der Waals surface area (Å²) in [5.41, 5.74) is 5.49. The van der Waals surface area contributed by atoms with Crippen LogP contribution < -0.4 is 11.1 Å². The van der Waals surface area contributed by atoms with Crippen LogP contribution >= 0.6 is 0 Å². The quantitative estimate of drug-likeness (QED) is 0.893. The molecule has 1 saturated heterocycles. The standard InChI is InChI=1S/C15H21F2N3O/c1-10(18)11-5-7-20(8-6-11)9-14(21)19-15-12(16)3-2-4-13(15)17/h2-4,10-11H,5-9,18H2,1H3,(H,19,21). The minimum Gasteiger partial charge on any atom is -0.328 e. The maximum absolute atomic E-state index is 13.4. The molecule has 1 fully saturated rings. The number of nitrogens with zero attached hydrogens (tertiary/aromatic N) is 1. The molecule has 4 nitrogen and oxygen atoms in total. The van der Waals surface area contributed by atoms with E-state index in [-0.39, 0.29) is 18.3 Å². The lowest BCUT2D eigenvalue weighted by Crippen LogP contribution is -2.42. The molecule has 116 valence electrons. The van der Waals surface area contributed by atoms with Crippen molar-refractivity contribution in [3.05, 3.63) is 29.8 Å². The van der Waals surface area contributed by atoms with Crippen molar-refractivity contribution in [2.75, 3.05) is 25.0 Å². The number of piperidine rings is 1. The van der Waals surface area contributed by atoms with E-state index in [1.165, 1.54) is 6.07 Å². The highest BCUT2D eigenvalue weighted by Crippen LogP contribution is 2.20.